The SMILES string of the molecule is CC(C)(O)Cn1cc(SNc2cccc3c(C#N)c[nH]c23)sc1=O. The lowest BCUT2D eigenvalue weighted by Crippen LogP contribution is -2.29. The van der Waals surface area contributed by atoms with Gasteiger partial charge in [-0.05, 0) is 31.9 Å². The lowest BCUT2D eigenvalue weighted by atomic mass is 10.1. The van der Waals surface area contributed by atoms with E-state index in [0.717, 1.165) is 32.1 Å². The second kappa shape index (κ2) is 6.36. The van der Waals surface area contributed by atoms with Crippen LogP contribution in [-0.2, 0) is 6.54 Å². The average molecular weight is 360 g/mol. The molecule has 6 nitrogen and oxygen atoms in total. The van der Waals surface area contributed by atoms with E-state index in [0.29, 0.717) is 5.56 Å². The number of aliphatic hydroxyl groups is 1. The Hall–Kier alpha value is -2.21. The Balaban J connectivity index is 1.80. The van der Waals surface area contributed by atoms with Crippen molar-refractivity contribution in [3.05, 3.63) is 45.8 Å². The highest BCUT2D eigenvalue weighted by Crippen LogP contribution is 2.30. The van der Waals surface area contributed by atoms with Crippen LogP contribution in [0.15, 0.2) is 39.6 Å². The molecule has 24 heavy (non-hydrogen) atoms. The molecule has 3 N–H and O–H groups in total. The second-order valence-corrected chi connectivity index (χ2v) is 8.10. The van der Waals surface area contributed by atoms with E-state index in [1.807, 2.05) is 18.2 Å². The van der Waals surface area contributed by atoms with Crippen molar-refractivity contribution in [2.75, 3.05) is 4.72 Å². The van der Waals surface area contributed by atoms with Crippen LogP contribution in [-0.4, -0.2) is 20.3 Å². The Kier molecular flexibility index (Phi) is 4.41. The van der Waals surface area contributed by atoms with Gasteiger partial charge >= 0.3 is 4.87 Å². The van der Waals surface area contributed by atoms with E-state index in [4.69, 9.17) is 5.26 Å². The monoisotopic (exact) mass is 360 g/mol. The zero-order valence-corrected chi connectivity index (χ0v) is 14.8. The fourth-order valence-electron chi connectivity index (χ4n) is 2.36. The predicted octanol–water partition coefficient (Wildman–Crippen LogP) is 3.15. The molecule has 0 saturated carbocycles. The standard InChI is InChI=1S/C16H16N4O2S2/c1-16(2,22)9-20-8-13(23-15(20)21)24-19-12-5-3-4-11-10(6-17)7-18-14(11)12/h3-5,7-8,18-19,22H,9H2,1-2H3. The van der Waals surface area contributed by atoms with Crippen molar-refractivity contribution < 1.29 is 5.11 Å². The van der Waals surface area contributed by atoms with Gasteiger partial charge in [-0.3, -0.25) is 4.79 Å². The smallest absolute Gasteiger partial charge is 0.308 e. The lowest BCUT2D eigenvalue weighted by molar-refractivity contribution is 0.0608. The quantitative estimate of drug-likeness (QED) is 0.608. The molecule has 0 fully saturated rings. The minimum atomic E-state index is -0.941. The highest BCUT2D eigenvalue weighted by Gasteiger charge is 2.16. The fraction of sp³-hybridized carbons (Fsp3) is 0.250. The van der Waals surface area contributed by atoms with E-state index in [9.17, 15) is 9.90 Å². The topological polar surface area (TPSA) is 93.8 Å². The lowest BCUT2D eigenvalue weighted by Gasteiger charge is -2.16. The van der Waals surface area contributed by atoms with Gasteiger partial charge in [-0.15, -0.1) is 0 Å². The highest BCUT2D eigenvalue weighted by molar-refractivity contribution is 8.02. The van der Waals surface area contributed by atoms with Gasteiger partial charge < -0.3 is 19.4 Å². The Morgan fingerprint density at radius 1 is 1.50 bits per heavy atom. The number of anilines is 1. The van der Waals surface area contributed by atoms with Crippen molar-refractivity contribution in [1.82, 2.24) is 9.55 Å². The van der Waals surface area contributed by atoms with Crippen molar-refractivity contribution in [3.8, 4) is 6.07 Å². The number of thiazole rings is 1. The van der Waals surface area contributed by atoms with Crippen LogP contribution in [0.4, 0.5) is 5.69 Å². The average Bonchev–Trinajstić information content (AvgIpc) is 3.07. The van der Waals surface area contributed by atoms with Crippen molar-refractivity contribution in [2.24, 2.45) is 0 Å². The first-order valence-corrected chi connectivity index (χ1v) is 8.86. The number of fused-ring (bicyclic) bond motifs is 1. The number of hydrogen-bond acceptors (Lipinski definition) is 6. The molecule has 1 aromatic carbocycles. The number of nitrogens with one attached hydrogen (secondary N) is 2. The zero-order valence-electron chi connectivity index (χ0n) is 13.2. The molecule has 0 aliphatic rings. The number of para-hydroxylation sites is 1. The van der Waals surface area contributed by atoms with Crippen LogP contribution in [0.5, 0.6) is 0 Å². The number of H-pyrrole nitrogens is 1. The number of nitriles is 1. The summed E-state index contributed by atoms with van der Waals surface area (Å²) in [5.41, 5.74) is 1.35. The summed E-state index contributed by atoms with van der Waals surface area (Å²) in [6, 6.07) is 7.82. The van der Waals surface area contributed by atoms with Gasteiger partial charge in [0.25, 0.3) is 0 Å². The largest absolute Gasteiger partial charge is 0.389 e. The van der Waals surface area contributed by atoms with E-state index in [1.165, 1.54) is 16.5 Å². The van der Waals surface area contributed by atoms with E-state index in [1.54, 1.807) is 26.2 Å². The van der Waals surface area contributed by atoms with E-state index in [2.05, 4.69) is 15.8 Å². The van der Waals surface area contributed by atoms with Gasteiger partial charge in [-0.25, -0.2) is 0 Å². The van der Waals surface area contributed by atoms with E-state index in [-0.39, 0.29) is 11.4 Å². The molecule has 8 heteroatoms. The van der Waals surface area contributed by atoms with Crippen LogP contribution in [0.1, 0.15) is 19.4 Å². The number of benzene rings is 1. The van der Waals surface area contributed by atoms with Crippen LogP contribution in [0.25, 0.3) is 10.9 Å². The highest BCUT2D eigenvalue weighted by atomic mass is 32.2. The van der Waals surface area contributed by atoms with E-state index < -0.39 is 5.60 Å². The Labute approximate surface area is 146 Å². The van der Waals surface area contributed by atoms with Gasteiger partial charge in [0.05, 0.1) is 28.9 Å². The Morgan fingerprint density at radius 3 is 3.00 bits per heavy atom. The molecule has 0 aliphatic carbocycles. The molecular formula is C16H16N4O2S2. The third-order valence-electron chi connectivity index (χ3n) is 3.34. The van der Waals surface area contributed by atoms with Crippen LogP contribution in [0.3, 0.4) is 0 Å². The second-order valence-electron chi connectivity index (χ2n) is 6.00. The number of aromatic amines is 1. The number of rotatable bonds is 5. The van der Waals surface area contributed by atoms with E-state index >= 15 is 0 Å². The van der Waals surface area contributed by atoms with Crippen LogP contribution >= 0.6 is 23.3 Å². The minimum Gasteiger partial charge on any atom is -0.389 e. The van der Waals surface area contributed by atoms with Crippen LogP contribution in [0.2, 0.25) is 0 Å². The summed E-state index contributed by atoms with van der Waals surface area (Å²) in [7, 11) is 0. The normalized spacial score (nSPS) is 11.6. The summed E-state index contributed by atoms with van der Waals surface area (Å²) in [6.45, 7) is 3.59. The molecule has 0 amide bonds. The van der Waals surface area contributed by atoms with Gasteiger partial charge in [0.1, 0.15) is 10.3 Å². The van der Waals surface area contributed by atoms with Crippen LogP contribution in [0, 0.1) is 11.3 Å². The van der Waals surface area contributed by atoms with Gasteiger partial charge in [0, 0.05) is 17.8 Å². The molecule has 0 aliphatic heterocycles. The predicted molar refractivity (Wildman–Crippen MR) is 97.4 cm³/mol. The molecule has 2 aromatic heterocycles. The minimum absolute atomic E-state index is 0.105. The zero-order chi connectivity index (χ0) is 17.3. The van der Waals surface area contributed by atoms with Crippen molar-refractivity contribution >= 4 is 39.9 Å². The number of nitrogens with zero attached hydrogens (tertiary/aromatic N) is 2. The molecule has 3 aromatic rings. The first-order chi connectivity index (χ1) is 11.4. The third kappa shape index (κ3) is 3.48. The van der Waals surface area contributed by atoms with Gasteiger partial charge in [0.2, 0.25) is 0 Å². The molecule has 124 valence electrons. The first-order valence-electron chi connectivity index (χ1n) is 7.23. The first kappa shape index (κ1) is 16.6. The molecular weight excluding hydrogens is 344 g/mol. The summed E-state index contributed by atoms with van der Waals surface area (Å²) < 4.78 is 5.53. The molecule has 0 spiro atoms. The maximum absolute atomic E-state index is 12.0. The number of aromatic nitrogens is 2. The fourth-order valence-corrected chi connectivity index (χ4v) is 4.02. The summed E-state index contributed by atoms with van der Waals surface area (Å²) in [5.74, 6) is 0. The maximum Gasteiger partial charge on any atom is 0.308 e. The summed E-state index contributed by atoms with van der Waals surface area (Å²) in [5, 5.41) is 19.8. The summed E-state index contributed by atoms with van der Waals surface area (Å²) in [4.78, 5) is 15.0. The molecule has 0 bridgehead atoms. The van der Waals surface area contributed by atoms with Crippen molar-refractivity contribution in [2.45, 2.75) is 30.2 Å². The van der Waals surface area contributed by atoms with Crippen LogP contribution < -0.4 is 9.60 Å². The number of hydrogen-bond donors (Lipinski definition) is 3. The van der Waals surface area contributed by atoms with Gasteiger partial charge in [0.15, 0.2) is 0 Å². The maximum atomic E-state index is 12.0. The molecule has 3 rings (SSSR count). The molecule has 0 radical (unpaired) electrons. The molecule has 0 saturated heterocycles. The van der Waals surface area contributed by atoms with Gasteiger partial charge in [-0.1, -0.05) is 23.5 Å². The summed E-state index contributed by atoms with van der Waals surface area (Å²) in [6.07, 6.45) is 3.41. The van der Waals surface area contributed by atoms with Crippen molar-refractivity contribution in [1.29, 1.82) is 5.26 Å². The summed E-state index contributed by atoms with van der Waals surface area (Å²) >= 11 is 2.45. The Morgan fingerprint density at radius 2 is 2.29 bits per heavy atom. The van der Waals surface area contributed by atoms with Crippen molar-refractivity contribution in [3.63, 3.8) is 0 Å². The molecule has 0 unspecified atom stereocenters. The third-order valence-corrected chi connectivity index (χ3v) is 5.18. The Bertz CT molecular complexity index is 973. The van der Waals surface area contributed by atoms with Gasteiger partial charge in [-0.2, -0.15) is 5.26 Å². The molecule has 0 atom stereocenters. The molecule has 2 heterocycles.